The smallest absolute Gasteiger partial charge is 0.248 e. The van der Waals surface area contributed by atoms with Crippen LogP contribution in [0.1, 0.15) is 39.2 Å². The van der Waals surface area contributed by atoms with Crippen molar-refractivity contribution >= 4 is 21.6 Å². The van der Waals surface area contributed by atoms with Gasteiger partial charge in [-0.05, 0) is 47.4 Å². The highest BCUT2D eigenvalue weighted by Crippen LogP contribution is 2.28. The van der Waals surface area contributed by atoms with Gasteiger partial charge in [0.25, 0.3) is 0 Å². The number of nitrogens with one attached hydrogen (secondary N) is 2. The number of aromatic hydroxyl groups is 1. The molecule has 8 nitrogen and oxygen atoms in total. The van der Waals surface area contributed by atoms with Crippen molar-refractivity contribution in [1.82, 2.24) is 5.32 Å². The summed E-state index contributed by atoms with van der Waals surface area (Å²) in [4.78, 5) is 11.4. The van der Waals surface area contributed by atoms with Gasteiger partial charge in [0.2, 0.25) is 15.9 Å². The number of benzene rings is 3. The van der Waals surface area contributed by atoms with Gasteiger partial charge in [-0.15, -0.1) is 0 Å². The molecule has 2 atom stereocenters. The standard InChI is InChI=1S/C24H27N3O5S/c1-33(31,32)27-21-14-19(11-12-22(21)28)23(29)15-26-20(13-16-5-3-2-4-6-16)17-7-9-18(10-8-17)24(25)30/h2-12,14,20,23,26-29H,13,15H2,1H3,(H2,25,30). The quantitative estimate of drug-likeness (QED) is 0.289. The fourth-order valence-electron chi connectivity index (χ4n) is 3.45. The molecule has 0 saturated heterocycles. The lowest BCUT2D eigenvalue weighted by Gasteiger charge is -2.22. The van der Waals surface area contributed by atoms with Gasteiger partial charge in [0.1, 0.15) is 5.75 Å². The molecule has 0 fully saturated rings. The number of carbonyl (C=O) groups excluding carboxylic acids is 1. The van der Waals surface area contributed by atoms with Crippen molar-refractivity contribution in [2.24, 2.45) is 5.73 Å². The van der Waals surface area contributed by atoms with Crippen molar-refractivity contribution in [1.29, 1.82) is 0 Å². The summed E-state index contributed by atoms with van der Waals surface area (Å²) in [5.41, 5.74) is 8.19. The second-order valence-corrected chi connectivity index (χ2v) is 9.55. The first-order chi connectivity index (χ1) is 15.6. The first-order valence-corrected chi connectivity index (χ1v) is 12.2. The largest absolute Gasteiger partial charge is 0.506 e. The maximum absolute atomic E-state index is 11.5. The molecule has 0 aliphatic heterocycles. The van der Waals surface area contributed by atoms with Crippen LogP contribution in [0.3, 0.4) is 0 Å². The molecule has 0 aromatic heterocycles. The van der Waals surface area contributed by atoms with Crippen LogP contribution in [0.15, 0.2) is 72.8 Å². The third kappa shape index (κ3) is 7.04. The Hall–Kier alpha value is -3.40. The van der Waals surface area contributed by atoms with E-state index in [4.69, 9.17) is 5.73 Å². The second-order valence-electron chi connectivity index (χ2n) is 7.80. The number of phenols is 1. The first-order valence-electron chi connectivity index (χ1n) is 10.3. The summed E-state index contributed by atoms with van der Waals surface area (Å²) >= 11 is 0. The number of rotatable bonds is 10. The maximum Gasteiger partial charge on any atom is 0.248 e. The number of aliphatic hydroxyl groups is 1. The van der Waals surface area contributed by atoms with Crippen molar-refractivity contribution in [3.05, 3.63) is 95.1 Å². The minimum Gasteiger partial charge on any atom is -0.506 e. The molecule has 0 saturated carbocycles. The molecular formula is C24H27N3O5S. The van der Waals surface area contributed by atoms with Gasteiger partial charge in [-0.1, -0.05) is 48.5 Å². The highest BCUT2D eigenvalue weighted by molar-refractivity contribution is 7.92. The molecule has 0 radical (unpaired) electrons. The average molecular weight is 470 g/mol. The Morgan fingerprint density at radius 3 is 2.24 bits per heavy atom. The molecule has 33 heavy (non-hydrogen) atoms. The van der Waals surface area contributed by atoms with E-state index in [2.05, 4.69) is 10.0 Å². The summed E-state index contributed by atoms with van der Waals surface area (Å²) in [6, 6.07) is 20.9. The number of hydrogen-bond donors (Lipinski definition) is 5. The van der Waals surface area contributed by atoms with Crippen LogP contribution in [0.25, 0.3) is 0 Å². The molecular weight excluding hydrogens is 442 g/mol. The zero-order valence-corrected chi connectivity index (χ0v) is 18.9. The number of carbonyl (C=O) groups is 1. The summed E-state index contributed by atoms with van der Waals surface area (Å²) in [5, 5.41) is 24.0. The van der Waals surface area contributed by atoms with Gasteiger partial charge in [0.05, 0.1) is 18.0 Å². The summed E-state index contributed by atoms with van der Waals surface area (Å²) in [6.07, 6.45) is 0.656. The lowest BCUT2D eigenvalue weighted by Crippen LogP contribution is -2.28. The molecule has 0 heterocycles. The predicted octanol–water partition coefficient (Wildman–Crippen LogP) is 2.47. The van der Waals surface area contributed by atoms with E-state index >= 15 is 0 Å². The minimum atomic E-state index is -3.59. The molecule has 174 valence electrons. The van der Waals surface area contributed by atoms with Gasteiger partial charge in [0, 0.05) is 18.2 Å². The number of nitrogens with two attached hydrogens (primary N) is 1. The Morgan fingerprint density at radius 2 is 1.64 bits per heavy atom. The van der Waals surface area contributed by atoms with Crippen molar-refractivity contribution in [3.8, 4) is 5.75 Å². The molecule has 0 aliphatic carbocycles. The fourth-order valence-corrected chi connectivity index (χ4v) is 4.01. The summed E-state index contributed by atoms with van der Waals surface area (Å²) < 4.78 is 25.3. The zero-order valence-electron chi connectivity index (χ0n) is 18.1. The van der Waals surface area contributed by atoms with E-state index in [1.165, 1.54) is 18.2 Å². The zero-order chi connectivity index (χ0) is 24.0. The van der Waals surface area contributed by atoms with E-state index in [1.54, 1.807) is 12.1 Å². The molecule has 1 amide bonds. The fraction of sp³-hybridized carbons (Fsp3) is 0.208. The highest BCUT2D eigenvalue weighted by atomic mass is 32.2. The van der Waals surface area contributed by atoms with Crippen molar-refractivity contribution in [2.45, 2.75) is 18.6 Å². The maximum atomic E-state index is 11.5. The lowest BCUT2D eigenvalue weighted by atomic mass is 9.97. The number of phenolic OH excluding ortho intramolecular Hbond substituents is 1. The van der Waals surface area contributed by atoms with Crippen molar-refractivity contribution in [3.63, 3.8) is 0 Å². The Labute approximate surface area is 193 Å². The number of sulfonamides is 1. The molecule has 3 aromatic carbocycles. The normalized spacial score (nSPS) is 13.3. The van der Waals surface area contributed by atoms with Gasteiger partial charge < -0.3 is 21.3 Å². The Kier molecular flexibility index (Phi) is 7.70. The van der Waals surface area contributed by atoms with Gasteiger partial charge in [-0.2, -0.15) is 0 Å². The molecule has 9 heteroatoms. The molecule has 2 unspecified atom stereocenters. The molecule has 0 aliphatic rings. The molecule has 3 aromatic rings. The summed E-state index contributed by atoms with van der Waals surface area (Å²) in [6.45, 7) is 0.165. The SMILES string of the molecule is CS(=O)(=O)Nc1cc(C(O)CNC(Cc2ccccc2)c2ccc(C(N)=O)cc2)ccc1O. The van der Waals surface area contributed by atoms with Gasteiger partial charge in [-0.3, -0.25) is 9.52 Å². The van der Waals surface area contributed by atoms with Crippen LogP contribution in [0.4, 0.5) is 5.69 Å². The van der Waals surface area contributed by atoms with Crippen molar-refractivity contribution < 1.29 is 23.4 Å². The topological polar surface area (TPSA) is 142 Å². The number of aliphatic hydroxyl groups excluding tert-OH is 1. The molecule has 3 rings (SSSR count). The summed E-state index contributed by atoms with van der Waals surface area (Å²) in [7, 11) is -3.59. The van der Waals surface area contributed by atoms with E-state index in [9.17, 15) is 23.4 Å². The van der Waals surface area contributed by atoms with Crippen LogP contribution in [-0.2, 0) is 16.4 Å². The second kappa shape index (κ2) is 10.5. The average Bonchev–Trinajstić information content (AvgIpc) is 2.77. The molecule has 6 N–H and O–H groups in total. The summed E-state index contributed by atoms with van der Waals surface area (Å²) in [5.74, 6) is -0.740. The molecule has 0 spiro atoms. The third-order valence-electron chi connectivity index (χ3n) is 5.14. The lowest BCUT2D eigenvalue weighted by molar-refractivity contribution is 0.1000. The van der Waals surface area contributed by atoms with Crippen LogP contribution in [-0.4, -0.2) is 37.3 Å². The van der Waals surface area contributed by atoms with Crippen LogP contribution < -0.4 is 15.8 Å². The highest BCUT2D eigenvalue weighted by Gasteiger charge is 2.17. The van der Waals surface area contributed by atoms with Crippen LogP contribution in [0.2, 0.25) is 0 Å². The van der Waals surface area contributed by atoms with E-state index in [-0.39, 0.29) is 24.0 Å². The van der Waals surface area contributed by atoms with Crippen LogP contribution >= 0.6 is 0 Å². The predicted molar refractivity (Wildman–Crippen MR) is 127 cm³/mol. The van der Waals surface area contributed by atoms with Gasteiger partial charge in [-0.25, -0.2) is 8.42 Å². The Bertz CT molecular complexity index is 1200. The van der Waals surface area contributed by atoms with E-state index in [0.29, 0.717) is 17.5 Å². The Morgan fingerprint density at radius 1 is 1.00 bits per heavy atom. The number of anilines is 1. The number of hydrogen-bond acceptors (Lipinski definition) is 6. The Balaban J connectivity index is 1.78. The van der Waals surface area contributed by atoms with Gasteiger partial charge >= 0.3 is 0 Å². The van der Waals surface area contributed by atoms with Crippen LogP contribution in [0.5, 0.6) is 5.75 Å². The van der Waals surface area contributed by atoms with E-state index in [1.807, 2.05) is 42.5 Å². The number of primary amides is 1. The third-order valence-corrected chi connectivity index (χ3v) is 5.73. The molecule has 0 bridgehead atoms. The first kappa shape index (κ1) is 24.2. The van der Waals surface area contributed by atoms with E-state index in [0.717, 1.165) is 17.4 Å². The van der Waals surface area contributed by atoms with Crippen LogP contribution in [0, 0.1) is 0 Å². The van der Waals surface area contributed by atoms with Crippen molar-refractivity contribution in [2.75, 3.05) is 17.5 Å². The monoisotopic (exact) mass is 469 g/mol. The van der Waals surface area contributed by atoms with E-state index < -0.39 is 22.0 Å². The number of amides is 1. The minimum absolute atomic E-state index is 0.00285. The van der Waals surface area contributed by atoms with Gasteiger partial charge in [0.15, 0.2) is 0 Å².